The van der Waals surface area contributed by atoms with Crippen molar-refractivity contribution in [2.45, 2.75) is 18.6 Å². The minimum absolute atomic E-state index is 0.425. The molecule has 0 aromatic carbocycles. The van der Waals surface area contributed by atoms with Gasteiger partial charge in [0.1, 0.15) is 6.10 Å². The third kappa shape index (κ3) is 6.01. The fraction of sp³-hybridized carbons (Fsp3) is 1.00. The first kappa shape index (κ1) is 11.9. The molecule has 0 aromatic rings. The van der Waals surface area contributed by atoms with E-state index in [2.05, 4.69) is 34.9 Å². The molecule has 1 aliphatic rings. The minimum Gasteiger partial charge on any atom is -0.379 e. The van der Waals surface area contributed by atoms with Crippen molar-refractivity contribution in [1.82, 2.24) is 0 Å². The van der Waals surface area contributed by atoms with Gasteiger partial charge in [0.05, 0.1) is 13.2 Å². The van der Waals surface area contributed by atoms with Crippen LogP contribution in [0.5, 0.6) is 0 Å². The number of hydrogen-bond acceptors (Lipinski definition) is 4. The molecule has 1 fully saturated rings. The normalized spacial score (nSPS) is 21.0. The average Bonchev–Trinajstić information content (AvgIpc) is 2.95. The van der Waals surface area contributed by atoms with Crippen molar-refractivity contribution < 1.29 is 9.47 Å². The monoisotopic (exact) mass is 238 g/mol. The molecule has 78 valence electrons. The van der Waals surface area contributed by atoms with Crippen LogP contribution in [0.25, 0.3) is 0 Å². The van der Waals surface area contributed by atoms with Gasteiger partial charge in [-0.2, -0.15) is 22.4 Å². The van der Waals surface area contributed by atoms with E-state index in [9.17, 15) is 0 Å². The molecule has 13 heavy (non-hydrogen) atoms. The van der Waals surface area contributed by atoms with E-state index in [1.807, 2.05) is 0 Å². The zero-order chi connectivity index (χ0) is 9.52. The predicted octanol–water partition coefficient (Wildman–Crippen LogP) is 1.74. The van der Waals surface area contributed by atoms with Gasteiger partial charge in [0, 0.05) is 6.61 Å². The van der Waals surface area contributed by atoms with Crippen molar-refractivity contribution in [3.8, 4) is 0 Å². The smallest absolute Gasteiger partial charge is 0.160 e. The Morgan fingerprint density at radius 2 is 2.15 bits per heavy atom. The molecule has 0 amide bonds. The molecule has 0 spiro atoms. The summed E-state index contributed by atoms with van der Waals surface area (Å²) in [6, 6.07) is 1.38. The number of ether oxygens (including phenoxy) is 2. The zero-order valence-corrected chi connectivity index (χ0v) is 11.1. The first-order valence-corrected chi connectivity index (χ1v) is 10.8. The second-order valence-corrected chi connectivity index (χ2v) is 12.6. The van der Waals surface area contributed by atoms with Crippen molar-refractivity contribution in [1.29, 1.82) is 0 Å². The van der Waals surface area contributed by atoms with Crippen LogP contribution in [-0.2, 0) is 9.47 Å². The summed E-state index contributed by atoms with van der Waals surface area (Å²) < 4.78 is 10.5. The second kappa shape index (κ2) is 7.17. The summed E-state index contributed by atoms with van der Waals surface area (Å²) in [5, 5.41) is 0. The third-order valence-corrected chi connectivity index (χ3v) is 11.9. The highest BCUT2D eigenvalue weighted by Crippen LogP contribution is 2.19. The lowest BCUT2D eigenvalue weighted by Gasteiger charge is -2.08. The Morgan fingerprint density at radius 3 is 2.69 bits per heavy atom. The molecule has 5 heteroatoms. The van der Waals surface area contributed by atoms with Gasteiger partial charge in [0.25, 0.3) is 0 Å². The fourth-order valence-corrected chi connectivity index (χ4v) is 6.95. The highest BCUT2D eigenvalue weighted by molar-refractivity contribution is 8.53. The van der Waals surface area contributed by atoms with Crippen molar-refractivity contribution in [3.63, 3.8) is 0 Å². The lowest BCUT2D eigenvalue weighted by molar-refractivity contribution is 0.117. The Kier molecular flexibility index (Phi) is 6.57. The van der Waals surface area contributed by atoms with Crippen LogP contribution in [0.3, 0.4) is 0 Å². The van der Waals surface area contributed by atoms with E-state index in [1.165, 1.54) is 12.5 Å². The molecule has 1 rings (SSSR count). The first-order chi connectivity index (χ1) is 6.36. The molecule has 1 atom stereocenters. The molecule has 0 bridgehead atoms. The molecule has 1 aliphatic heterocycles. The first-order valence-electron chi connectivity index (χ1n) is 4.61. The van der Waals surface area contributed by atoms with Crippen LogP contribution in [-0.4, -0.2) is 45.5 Å². The summed E-state index contributed by atoms with van der Waals surface area (Å²) >= 11 is 4.14. The van der Waals surface area contributed by atoms with Crippen molar-refractivity contribution in [2.75, 3.05) is 32.3 Å². The number of hydrogen-bond donors (Lipinski definition) is 0. The summed E-state index contributed by atoms with van der Waals surface area (Å²) in [7, 11) is -0.522. The van der Waals surface area contributed by atoms with Crippen LogP contribution >= 0.6 is 22.4 Å². The summed E-state index contributed by atoms with van der Waals surface area (Å²) in [4.78, 5) is 0. The van der Waals surface area contributed by atoms with Crippen molar-refractivity contribution >= 4 is 29.5 Å². The second-order valence-electron chi connectivity index (χ2n) is 3.07. The Hall–Kier alpha value is 0.837. The van der Waals surface area contributed by atoms with Crippen LogP contribution in [0.15, 0.2) is 0 Å². The molecule has 0 aliphatic carbocycles. The summed E-state index contributed by atoms with van der Waals surface area (Å²) in [6.45, 7) is 2.64. The standard InChI is InChI=1S/C8H18O2S2Si/c1-11-13(12-2)5-3-4-9-6-8-7-10-8/h8,13H,3-7H2,1-2H3. The van der Waals surface area contributed by atoms with E-state index in [0.717, 1.165) is 19.8 Å². The average molecular weight is 238 g/mol. The topological polar surface area (TPSA) is 21.8 Å². The number of epoxide rings is 1. The quantitative estimate of drug-likeness (QED) is 0.365. The molecule has 0 radical (unpaired) electrons. The van der Waals surface area contributed by atoms with Gasteiger partial charge in [0.15, 0.2) is 7.10 Å². The third-order valence-electron chi connectivity index (χ3n) is 1.96. The van der Waals surface area contributed by atoms with E-state index < -0.39 is 7.10 Å². The SMILES string of the molecule is CS[SiH](CCCOCC1CO1)SC. The van der Waals surface area contributed by atoms with Crippen LogP contribution in [0.2, 0.25) is 6.04 Å². The van der Waals surface area contributed by atoms with E-state index >= 15 is 0 Å². The van der Waals surface area contributed by atoms with Gasteiger partial charge in [-0.1, -0.05) is 0 Å². The van der Waals surface area contributed by atoms with Crippen LogP contribution < -0.4 is 0 Å². The highest BCUT2D eigenvalue weighted by Gasteiger charge is 2.22. The maximum atomic E-state index is 5.48. The molecule has 2 nitrogen and oxygen atoms in total. The molecule has 0 N–H and O–H groups in total. The Bertz CT molecular complexity index is 129. The summed E-state index contributed by atoms with van der Waals surface area (Å²) in [5.74, 6) is 0. The Morgan fingerprint density at radius 1 is 1.46 bits per heavy atom. The lowest BCUT2D eigenvalue weighted by atomic mass is 10.5. The molecule has 1 heterocycles. The molecule has 1 saturated heterocycles. The Balaban J connectivity index is 1.81. The van der Waals surface area contributed by atoms with Gasteiger partial charge < -0.3 is 9.47 Å². The zero-order valence-electron chi connectivity index (χ0n) is 8.32. The van der Waals surface area contributed by atoms with Gasteiger partial charge in [-0.05, 0) is 25.0 Å². The van der Waals surface area contributed by atoms with Crippen LogP contribution in [0.1, 0.15) is 6.42 Å². The van der Waals surface area contributed by atoms with Gasteiger partial charge >= 0.3 is 0 Å². The summed E-state index contributed by atoms with van der Waals surface area (Å²) in [6.07, 6.45) is 6.11. The lowest BCUT2D eigenvalue weighted by Crippen LogP contribution is -2.06. The molecular weight excluding hydrogens is 220 g/mol. The van der Waals surface area contributed by atoms with Crippen molar-refractivity contribution in [2.24, 2.45) is 0 Å². The number of rotatable bonds is 8. The molecular formula is C8H18O2S2Si. The van der Waals surface area contributed by atoms with E-state index in [4.69, 9.17) is 9.47 Å². The van der Waals surface area contributed by atoms with Gasteiger partial charge in [-0.15, -0.1) is 0 Å². The molecule has 0 saturated carbocycles. The predicted molar refractivity (Wildman–Crippen MR) is 64.2 cm³/mol. The Labute approximate surface area is 90.0 Å². The van der Waals surface area contributed by atoms with Crippen LogP contribution in [0.4, 0.5) is 0 Å². The van der Waals surface area contributed by atoms with E-state index in [-0.39, 0.29) is 0 Å². The molecule has 1 unspecified atom stereocenters. The molecule has 0 aromatic heterocycles. The van der Waals surface area contributed by atoms with E-state index in [1.54, 1.807) is 0 Å². The van der Waals surface area contributed by atoms with Crippen molar-refractivity contribution in [3.05, 3.63) is 0 Å². The van der Waals surface area contributed by atoms with Crippen LogP contribution in [0, 0.1) is 0 Å². The van der Waals surface area contributed by atoms with Gasteiger partial charge in [0.2, 0.25) is 0 Å². The van der Waals surface area contributed by atoms with Gasteiger partial charge in [-0.3, -0.25) is 0 Å². The fourth-order valence-electron chi connectivity index (χ4n) is 1.06. The minimum atomic E-state index is -0.522. The van der Waals surface area contributed by atoms with Gasteiger partial charge in [-0.25, -0.2) is 0 Å². The highest BCUT2D eigenvalue weighted by atomic mass is 32.6. The summed E-state index contributed by atoms with van der Waals surface area (Å²) in [5.41, 5.74) is 0. The largest absolute Gasteiger partial charge is 0.379 e. The maximum Gasteiger partial charge on any atom is 0.160 e. The maximum absolute atomic E-state index is 5.48. The van der Waals surface area contributed by atoms with E-state index in [0.29, 0.717) is 6.10 Å².